The van der Waals surface area contributed by atoms with Crippen LogP contribution in [0.2, 0.25) is 0 Å². The number of carbonyl (C=O) groups is 2. The lowest BCUT2D eigenvalue weighted by molar-refractivity contribution is -0.137. The number of hydrogen-bond acceptors (Lipinski definition) is 5. The number of rotatable bonds is 5. The van der Waals surface area contributed by atoms with Gasteiger partial charge in [0.25, 0.3) is 0 Å². The molecule has 5 nitrogen and oxygen atoms in total. The molecule has 0 aliphatic carbocycles. The van der Waals surface area contributed by atoms with Crippen LogP contribution in [-0.4, -0.2) is 19.0 Å². The van der Waals surface area contributed by atoms with Gasteiger partial charge in [0, 0.05) is 0 Å². The summed E-state index contributed by atoms with van der Waals surface area (Å²) in [5.74, 6) is -0.418. The molecule has 0 heterocycles. The van der Waals surface area contributed by atoms with Gasteiger partial charge in [-0.15, -0.1) is 0 Å². The average Bonchev–Trinajstić information content (AvgIpc) is 2.74. The van der Waals surface area contributed by atoms with Crippen LogP contribution in [0.25, 0.3) is 0 Å². The molecule has 0 aromatic heterocycles. The molecule has 0 spiro atoms. The second-order valence-electron chi connectivity index (χ2n) is 6.05. The fraction of sp³-hybridized carbons (Fsp3) is 0.0909. The quantitative estimate of drug-likeness (QED) is 0.425. The molecule has 0 bridgehead atoms. The van der Waals surface area contributed by atoms with E-state index in [4.69, 9.17) is 14.2 Å². The zero-order valence-corrected chi connectivity index (χ0v) is 15.6. The third-order valence-corrected chi connectivity index (χ3v) is 4.02. The minimum absolute atomic E-state index is 0.0296. The van der Waals surface area contributed by atoms with Crippen LogP contribution in [0.1, 0.15) is 26.3 Å². The van der Waals surface area contributed by atoms with Crippen LogP contribution in [-0.2, 0) is 6.18 Å². The van der Waals surface area contributed by atoms with E-state index in [0.29, 0.717) is 11.3 Å². The first kappa shape index (κ1) is 20.9. The van der Waals surface area contributed by atoms with Crippen molar-refractivity contribution in [2.45, 2.75) is 6.18 Å². The van der Waals surface area contributed by atoms with Gasteiger partial charge in [0.2, 0.25) is 0 Å². The predicted molar refractivity (Wildman–Crippen MR) is 101 cm³/mol. The van der Waals surface area contributed by atoms with Gasteiger partial charge in [-0.05, 0) is 72.8 Å². The molecular weight excluding hydrogens is 401 g/mol. The Bertz CT molecular complexity index is 1020. The number of carbonyl (C=O) groups excluding carboxylic acids is 2. The molecule has 0 aliphatic heterocycles. The lowest BCUT2D eigenvalue weighted by Gasteiger charge is -2.09. The standard InChI is InChI=1S/C22H15F3O5/c1-28-17-8-4-15(5-9-17)21(27)30-19-12-10-18(11-13-19)29-20(26)14-2-6-16(7-3-14)22(23,24)25/h2-13H,1H3. The normalized spacial score (nSPS) is 10.9. The molecule has 3 rings (SSSR count). The number of alkyl halides is 3. The van der Waals surface area contributed by atoms with Gasteiger partial charge in [0.1, 0.15) is 17.2 Å². The van der Waals surface area contributed by atoms with Gasteiger partial charge in [-0.2, -0.15) is 13.2 Å². The number of halogens is 3. The molecule has 0 N–H and O–H groups in total. The highest BCUT2D eigenvalue weighted by Gasteiger charge is 2.30. The van der Waals surface area contributed by atoms with Crippen LogP contribution in [0.5, 0.6) is 17.2 Å². The summed E-state index contributed by atoms with van der Waals surface area (Å²) in [5, 5.41) is 0. The summed E-state index contributed by atoms with van der Waals surface area (Å²) in [6.45, 7) is 0. The van der Waals surface area contributed by atoms with Crippen LogP contribution < -0.4 is 14.2 Å². The van der Waals surface area contributed by atoms with Crippen LogP contribution in [0.4, 0.5) is 13.2 Å². The Morgan fingerprint density at radius 1 is 0.633 bits per heavy atom. The number of hydrogen-bond donors (Lipinski definition) is 0. The van der Waals surface area contributed by atoms with E-state index >= 15 is 0 Å². The molecule has 0 radical (unpaired) electrons. The number of esters is 2. The second-order valence-corrected chi connectivity index (χ2v) is 6.05. The summed E-state index contributed by atoms with van der Waals surface area (Å²) in [7, 11) is 1.51. The Morgan fingerprint density at radius 3 is 1.37 bits per heavy atom. The van der Waals surface area contributed by atoms with E-state index in [1.807, 2.05) is 0 Å². The van der Waals surface area contributed by atoms with Gasteiger partial charge in [-0.25, -0.2) is 9.59 Å². The van der Waals surface area contributed by atoms with E-state index in [2.05, 4.69) is 0 Å². The zero-order valence-electron chi connectivity index (χ0n) is 15.6. The average molecular weight is 416 g/mol. The highest BCUT2D eigenvalue weighted by atomic mass is 19.4. The molecule has 154 valence electrons. The van der Waals surface area contributed by atoms with Crippen LogP contribution in [0.3, 0.4) is 0 Å². The molecular formula is C22H15F3O5. The van der Waals surface area contributed by atoms with E-state index < -0.39 is 23.7 Å². The number of methoxy groups -OCH3 is 1. The van der Waals surface area contributed by atoms with Gasteiger partial charge >= 0.3 is 18.1 Å². The van der Waals surface area contributed by atoms with Crippen molar-refractivity contribution in [3.8, 4) is 17.2 Å². The highest BCUT2D eigenvalue weighted by Crippen LogP contribution is 2.29. The van der Waals surface area contributed by atoms with E-state index in [1.54, 1.807) is 24.3 Å². The molecule has 0 amide bonds. The first-order valence-electron chi connectivity index (χ1n) is 8.62. The van der Waals surface area contributed by atoms with Gasteiger partial charge in [-0.3, -0.25) is 0 Å². The summed E-state index contributed by atoms with van der Waals surface area (Å²) >= 11 is 0. The van der Waals surface area contributed by atoms with Crippen LogP contribution in [0, 0.1) is 0 Å². The van der Waals surface area contributed by atoms with Crippen molar-refractivity contribution < 1.29 is 37.0 Å². The molecule has 3 aromatic rings. The maximum atomic E-state index is 12.6. The Morgan fingerprint density at radius 2 is 1.00 bits per heavy atom. The molecule has 0 unspecified atom stereocenters. The van der Waals surface area contributed by atoms with E-state index in [1.165, 1.54) is 31.4 Å². The summed E-state index contributed by atoms with van der Waals surface area (Å²) in [6, 6.07) is 15.7. The minimum atomic E-state index is -4.48. The Hall–Kier alpha value is -3.81. The van der Waals surface area contributed by atoms with Crippen molar-refractivity contribution in [1.29, 1.82) is 0 Å². The van der Waals surface area contributed by atoms with Gasteiger partial charge < -0.3 is 14.2 Å². The van der Waals surface area contributed by atoms with Crippen molar-refractivity contribution in [1.82, 2.24) is 0 Å². The number of benzene rings is 3. The molecule has 0 atom stereocenters. The van der Waals surface area contributed by atoms with E-state index in [-0.39, 0.29) is 17.1 Å². The number of ether oxygens (including phenoxy) is 3. The van der Waals surface area contributed by atoms with Gasteiger partial charge in [0.15, 0.2) is 0 Å². The van der Waals surface area contributed by atoms with Crippen molar-refractivity contribution in [2.24, 2.45) is 0 Å². The van der Waals surface area contributed by atoms with Crippen molar-refractivity contribution >= 4 is 11.9 Å². The summed E-state index contributed by atoms with van der Waals surface area (Å²) in [5.41, 5.74) is -0.561. The van der Waals surface area contributed by atoms with E-state index in [0.717, 1.165) is 24.3 Å². The summed E-state index contributed by atoms with van der Waals surface area (Å²) < 4.78 is 53.1. The van der Waals surface area contributed by atoms with Crippen molar-refractivity contribution in [3.63, 3.8) is 0 Å². The smallest absolute Gasteiger partial charge is 0.416 e. The lowest BCUT2D eigenvalue weighted by Crippen LogP contribution is -2.10. The molecule has 0 saturated heterocycles. The zero-order chi connectivity index (χ0) is 21.7. The second kappa shape index (κ2) is 8.69. The maximum Gasteiger partial charge on any atom is 0.416 e. The van der Waals surface area contributed by atoms with Gasteiger partial charge in [-0.1, -0.05) is 0 Å². The van der Waals surface area contributed by atoms with Crippen molar-refractivity contribution in [2.75, 3.05) is 7.11 Å². The first-order chi connectivity index (χ1) is 14.3. The Kier molecular flexibility index (Phi) is 6.06. The molecule has 3 aromatic carbocycles. The molecule has 8 heteroatoms. The third-order valence-electron chi connectivity index (χ3n) is 4.02. The Labute approximate surface area is 169 Å². The fourth-order valence-electron chi connectivity index (χ4n) is 2.43. The van der Waals surface area contributed by atoms with Crippen LogP contribution in [0.15, 0.2) is 72.8 Å². The highest BCUT2D eigenvalue weighted by molar-refractivity contribution is 5.92. The Balaban J connectivity index is 1.61. The maximum absolute atomic E-state index is 12.6. The lowest BCUT2D eigenvalue weighted by atomic mass is 10.1. The monoisotopic (exact) mass is 416 g/mol. The first-order valence-corrected chi connectivity index (χ1v) is 8.62. The third kappa shape index (κ3) is 5.16. The SMILES string of the molecule is COc1ccc(C(=O)Oc2ccc(OC(=O)c3ccc(C(F)(F)F)cc3)cc2)cc1. The predicted octanol–water partition coefficient (Wildman–Crippen LogP) is 5.15. The molecule has 30 heavy (non-hydrogen) atoms. The van der Waals surface area contributed by atoms with E-state index in [9.17, 15) is 22.8 Å². The molecule has 0 fully saturated rings. The summed E-state index contributed by atoms with van der Waals surface area (Å²) in [4.78, 5) is 24.2. The molecule has 0 aliphatic rings. The van der Waals surface area contributed by atoms with Gasteiger partial charge in [0.05, 0.1) is 23.8 Å². The topological polar surface area (TPSA) is 61.8 Å². The summed E-state index contributed by atoms with van der Waals surface area (Å²) in [6.07, 6.45) is -4.48. The minimum Gasteiger partial charge on any atom is -0.497 e. The molecule has 0 saturated carbocycles. The fourth-order valence-corrected chi connectivity index (χ4v) is 2.43. The van der Waals surface area contributed by atoms with Crippen molar-refractivity contribution in [3.05, 3.63) is 89.5 Å². The largest absolute Gasteiger partial charge is 0.497 e. The van der Waals surface area contributed by atoms with Crippen LogP contribution >= 0.6 is 0 Å².